The van der Waals surface area contributed by atoms with Gasteiger partial charge < -0.3 is 4.57 Å². The van der Waals surface area contributed by atoms with Gasteiger partial charge in [-0.3, -0.25) is 9.59 Å². The molecule has 4 heteroatoms. The lowest BCUT2D eigenvalue weighted by molar-refractivity contribution is -0.111. The second-order valence-electron chi connectivity index (χ2n) is 5.05. The first-order chi connectivity index (χ1) is 10.0. The lowest BCUT2D eigenvalue weighted by Crippen LogP contribution is -2.14. The summed E-state index contributed by atoms with van der Waals surface area (Å²) in [5, 5.41) is -0.422. The van der Waals surface area contributed by atoms with Crippen molar-refractivity contribution in [1.82, 2.24) is 4.57 Å². The Kier molecular flexibility index (Phi) is 4.97. The smallest absolute Gasteiger partial charge is 0.221 e. The van der Waals surface area contributed by atoms with Crippen molar-refractivity contribution < 1.29 is 4.79 Å². The van der Waals surface area contributed by atoms with Gasteiger partial charge in [-0.05, 0) is 49.1 Å². The first kappa shape index (κ1) is 15.5. The normalized spacial score (nSPS) is 10.6. The molecule has 0 aliphatic carbocycles. The van der Waals surface area contributed by atoms with Gasteiger partial charge in [-0.15, -0.1) is 0 Å². The van der Waals surface area contributed by atoms with Crippen LogP contribution in [0, 0.1) is 6.92 Å². The molecule has 1 aromatic heterocycles. The van der Waals surface area contributed by atoms with Crippen LogP contribution in [0.25, 0.3) is 5.69 Å². The van der Waals surface area contributed by atoms with E-state index in [1.54, 1.807) is 12.3 Å². The predicted molar refractivity (Wildman–Crippen MR) is 85.3 cm³/mol. The molecule has 0 aliphatic rings. The molecule has 0 atom stereocenters. The van der Waals surface area contributed by atoms with Gasteiger partial charge in [0.25, 0.3) is 0 Å². The quantitative estimate of drug-likeness (QED) is 0.794. The summed E-state index contributed by atoms with van der Waals surface area (Å²) < 4.78 is 1.97. The Labute approximate surface area is 129 Å². The van der Waals surface area contributed by atoms with E-state index in [4.69, 9.17) is 11.6 Å². The van der Waals surface area contributed by atoms with Crippen molar-refractivity contribution in [3.05, 3.63) is 63.6 Å². The molecule has 0 fully saturated rings. The predicted octanol–water partition coefficient (Wildman–Crippen LogP) is 3.41. The van der Waals surface area contributed by atoms with Crippen molar-refractivity contribution in [2.75, 3.05) is 0 Å². The van der Waals surface area contributed by atoms with Crippen LogP contribution in [0.2, 0.25) is 0 Å². The average molecular weight is 304 g/mol. The summed E-state index contributed by atoms with van der Waals surface area (Å²) in [5.74, 6) is 0. The van der Waals surface area contributed by atoms with Crippen molar-refractivity contribution in [3.63, 3.8) is 0 Å². The maximum atomic E-state index is 12.0. The van der Waals surface area contributed by atoms with Crippen molar-refractivity contribution in [1.29, 1.82) is 0 Å². The van der Waals surface area contributed by atoms with E-state index >= 15 is 0 Å². The summed E-state index contributed by atoms with van der Waals surface area (Å²) in [6.07, 6.45) is 3.34. The zero-order chi connectivity index (χ0) is 15.4. The Morgan fingerprint density at radius 3 is 2.48 bits per heavy atom. The Morgan fingerprint density at radius 2 is 1.90 bits per heavy atom. The largest absolute Gasteiger partial charge is 0.321 e. The molecule has 0 spiro atoms. The number of hydrogen-bond acceptors (Lipinski definition) is 2. The molecular weight excluding hydrogens is 286 g/mol. The van der Waals surface area contributed by atoms with Gasteiger partial charge in [-0.2, -0.15) is 0 Å². The number of carbonyl (C=O) groups excluding carboxylic acids is 1. The van der Waals surface area contributed by atoms with E-state index in [9.17, 15) is 9.59 Å². The minimum absolute atomic E-state index is 0.0492. The van der Waals surface area contributed by atoms with Crippen LogP contribution in [0.15, 0.2) is 41.3 Å². The molecule has 3 nitrogen and oxygen atoms in total. The first-order valence-electron chi connectivity index (χ1n) is 7.01. The Hall–Kier alpha value is -1.87. The lowest BCUT2D eigenvalue weighted by Gasteiger charge is -2.13. The molecule has 1 heterocycles. The van der Waals surface area contributed by atoms with Crippen LogP contribution in [0.4, 0.5) is 0 Å². The molecule has 0 amide bonds. The van der Waals surface area contributed by atoms with Gasteiger partial charge >= 0.3 is 0 Å². The van der Waals surface area contributed by atoms with E-state index in [0.29, 0.717) is 12.0 Å². The van der Waals surface area contributed by atoms with Crippen molar-refractivity contribution in [2.24, 2.45) is 0 Å². The van der Waals surface area contributed by atoms with E-state index in [-0.39, 0.29) is 11.8 Å². The highest BCUT2D eigenvalue weighted by Crippen LogP contribution is 2.13. The fraction of sp³-hybridized carbons (Fsp3) is 0.294. The molecule has 0 saturated carbocycles. The summed E-state index contributed by atoms with van der Waals surface area (Å²) >= 11 is 5.35. The van der Waals surface area contributed by atoms with E-state index < -0.39 is 5.24 Å². The third kappa shape index (κ3) is 3.82. The van der Waals surface area contributed by atoms with Crippen molar-refractivity contribution in [3.8, 4) is 5.69 Å². The number of rotatable bonds is 5. The van der Waals surface area contributed by atoms with Crippen LogP contribution in [0.3, 0.4) is 0 Å². The number of pyridine rings is 1. The molecule has 1 aromatic carbocycles. The highest BCUT2D eigenvalue weighted by Gasteiger charge is 2.07. The minimum atomic E-state index is -0.422. The fourth-order valence-corrected chi connectivity index (χ4v) is 2.36. The molecular formula is C17H18ClNO2. The zero-order valence-corrected chi connectivity index (χ0v) is 13.0. The third-order valence-corrected chi connectivity index (χ3v) is 3.72. The molecule has 0 bridgehead atoms. The molecule has 110 valence electrons. The highest BCUT2D eigenvalue weighted by molar-refractivity contribution is 6.63. The van der Waals surface area contributed by atoms with Gasteiger partial charge in [0.15, 0.2) is 5.43 Å². The number of halogens is 1. The van der Waals surface area contributed by atoms with Crippen molar-refractivity contribution >= 4 is 16.8 Å². The zero-order valence-electron chi connectivity index (χ0n) is 12.2. The Morgan fingerprint density at radius 1 is 1.24 bits per heavy atom. The Balaban J connectivity index is 2.40. The topological polar surface area (TPSA) is 39.1 Å². The van der Waals surface area contributed by atoms with E-state index in [1.807, 2.05) is 23.6 Å². The molecule has 0 N–H and O–H groups in total. The standard InChI is InChI=1S/C17H18ClNO2/c1-3-13-4-7-15(8-5-13)19-11-14(6-9-17(18)21)16(20)10-12(19)2/h4-5,7-8,10-11H,3,6,9H2,1-2H3. The summed E-state index contributed by atoms with van der Waals surface area (Å²) in [7, 11) is 0. The second kappa shape index (κ2) is 6.72. The molecule has 0 unspecified atom stereocenters. The third-order valence-electron chi connectivity index (χ3n) is 3.54. The molecule has 0 radical (unpaired) electrons. The molecule has 2 rings (SSSR count). The molecule has 0 saturated heterocycles. The lowest BCUT2D eigenvalue weighted by atomic mass is 10.1. The van der Waals surface area contributed by atoms with Crippen LogP contribution in [-0.4, -0.2) is 9.81 Å². The average Bonchev–Trinajstić information content (AvgIpc) is 2.46. The van der Waals surface area contributed by atoms with Gasteiger partial charge in [0.05, 0.1) is 0 Å². The van der Waals surface area contributed by atoms with E-state index in [2.05, 4.69) is 19.1 Å². The Bertz CT molecular complexity index is 702. The van der Waals surface area contributed by atoms with Gasteiger partial charge in [0.2, 0.25) is 5.24 Å². The molecule has 0 aliphatic heterocycles. The van der Waals surface area contributed by atoms with Crippen LogP contribution in [-0.2, 0) is 17.6 Å². The minimum Gasteiger partial charge on any atom is -0.321 e. The van der Waals surface area contributed by atoms with E-state index in [0.717, 1.165) is 17.8 Å². The number of aryl methyl sites for hydroxylation is 3. The second-order valence-corrected chi connectivity index (χ2v) is 5.47. The number of benzene rings is 1. The summed E-state index contributed by atoms with van der Waals surface area (Å²) in [6, 6.07) is 9.82. The number of hydrogen-bond donors (Lipinski definition) is 0. The van der Waals surface area contributed by atoms with Crippen LogP contribution < -0.4 is 5.43 Å². The first-order valence-corrected chi connectivity index (χ1v) is 7.39. The van der Waals surface area contributed by atoms with Gasteiger partial charge in [-0.1, -0.05) is 19.1 Å². The maximum absolute atomic E-state index is 12.0. The van der Waals surface area contributed by atoms with Crippen molar-refractivity contribution in [2.45, 2.75) is 33.1 Å². The number of aromatic nitrogens is 1. The van der Waals surface area contributed by atoms with Gasteiger partial charge in [-0.25, -0.2) is 0 Å². The van der Waals surface area contributed by atoms with Crippen LogP contribution in [0.1, 0.15) is 30.2 Å². The van der Waals surface area contributed by atoms with E-state index in [1.165, 1.54) is 5.56 Å². The maximum Gasteiger partial charge on any atom is 0.221 e. The van der Waals surface area contributed by atoms with Gasteiger partial charge in [0.1, 0.15) is 0 Å². The van der Waals surface area contributed by atoms with Crippen LogP contribution >= 0.6 is 11.6 Å². The van der Waals surface area contributed by atoms with Gasteiger partial charge in [0, 0.05) is 35.6 Å². The fourth-order valence-electron chi connectivity index (χ4n) is 2.26. The molecule has 2 aromatic rings. The summed E-state index contributed by atoms with van der Waals surface area (Å²) in [6.45, 7) is 4.01. The highest BCUT2D eigenvalue weighted by atomic mass is 35.5. The van der Waals surface area contributed by atoms with Crippen LogP contribution in [0.5, 0.6) is 0 Å². The SMILES string of the molecule is CCc1ccc(-n2cc(CCC(=O)Cl)c(=O)cc2C)cc1. The summed E-state index contributed by atoms with van der Waals surface area (Å²) in [5.41, 5.74) is 3.69. The monoisotopic (exact) mass is 303 g/mol. The summed E-state index contributed by atoms with van der Waals surface area (Å²) in [4.78, 5) is 22.8. The number of carbonyl (C=O) groups is 1. The number of nitrogens with zero attached hydrogens (tertiary/aromatic N) is 1. The molecule has 21 heavy (non-hydrogen) atoms.